The molecule has 0 saturated carbocycles. The fourth-order valence-corrected chi connectivity index (χ4v) is 2.30. The molecule has 5 heteroatoms. The summed E-state index contributed by atoms with van der Waals surface area (Å²) in [6.07, 6.45) is 3.03. The van der Waals surface area contributed by atoms with Gasteiger partial charge in [0.2, 0.25) is 0 Å². The monoisotopic (exact) mass is 284 g/mol. The lowest BCUT2D eigenvalue weighted by Gasteiger charge is -2.32. The van der Waals surface area contributed by atoms with Crippen LogP contribution in [-0.4, -0.2) is 30.1 Å². The second-order valence-electron chi connectivity index (χ2n) is 4.60. The molecule has 0 bridgehead atoms. The number of hydrogen-bond donors (Lipinski definition) is 1. The molecule has 1 heterocycles. The number of ether oxygens (including phenoxy) is 1. The Kier molecular flexibility index (Phi) is 6.84. The van der Waals surface area contributed by atoms with Gasteiger partial charge in [0, 0.05) is 13.2 Å². The van der Waals surface area contributed by atoms with Crippen molar-refractivity contribution in [3.8, 4) is 0 Å². The molecular formula is C14H21ClN2O2. The highest BCUT2D eigenvalue weighted by Gasteiger charge is 2.28. The van der Waals surface area contributed by atoms with Gasteiger partial charge in [0.15, 0.2) is 0 Å². The molecule has 1 aliphatic rings. The number of nitrogens with two attached hydrogens (primary N) is 1. The largest absolute Gasteiger partial charge is 0.460 e. The standard InChI is InChI=1S/C14H20N2O2.ClH/c15-11-16-9-5-4-8-13(16)14(17)18-10-12-6-2-1-3-7-12;/h1-3,6-7,13H,4-5,8-11,15H2;1H/t13-;/m1./s1. The van der Waals surface area contributed by atoms with Gasteiger partial charge < -0.3 is 10.5 Å². The minimum absolute atomic E-state index is 0. The zero-order chi connectivity index (χ0) is 12.8. The van der Waals surface area contributed by atoms with E-state index in [0.717, 1.165) is 31.4 Å². The van der Waals surface area contributed by atoms with Crippen molar-refractivity contribution in [2.75, 3.05) is 13.2 Å². The van der Waals surface area contributed by atoms with Gasteiger partial charge in [0.25, 0.3) is 0 Å². The van der Waals surface area contributed by atoms with E-state index in [0.29, 0.717) is 13.3 Å². The van der Waals surface area contributed by atoms with E-state index in [2.05, 4.69) is 0 Å². The number of rotatable bonds is 4. The molecule has 1 aliphatic heterocycles. The zero-order valence-electron chi connectivity index (χ0n) is 11.0. The Balaban J connectivity index is 0.00000180. The van der Waals surface area contributed by atoms with Crippen LogP contribution in [0.15, 0.2) is 30.3 Å². The first-order valence-corrected chi connectivity index (χ1v) is 6.46. The summed E-state index contributed by atoms with van der Waals surface area (Å²) >= 11 is 0. The van der Waals surface area contributed by atoms with Crippen LogP contribution in [0.3, 0.4) is 0 Å². The maximum Gasteiger partial charge on any atom is 0.323 e. The van der Waals surface area contributed by atoms with Crippen LogP contribution in [0.4, 0.5) is 0 Å². The van der Waals surface area contributed by atoms with Gasteiger partial charge in [0.05, 0.1) is 0 Å². The van der Waals surface area contributed by atoms with Crippen molar-refractivity contribution in [2.45, 2.75) is 31.9 Å². The van der Waals surface area contributed by atoms with E-state index in [4.69, 9.17) is 10.5 Å². The molecule has 0 aliphatic carbocycles. The quantitative estimate of drug-likeness (QED) is 0.859. The Morgan fingerprint density at radius 1 is 1.32 bits per heavy atom. The molecule has 0 unspecified atom stereocenters. The number of esters is 1. The summed E-state index contributed by atoms with van der Waals surface area (Å²) in [5.41, 5.74) is 6.67. The van der Waals surface area contributed by atoms with Crippen molar-refractivity contribution in [2.24, 2.45) is 5.73 Å². The lowest BCUT2D eigenvalue weighted by Crippen LogP contribution is -2.47. The normalized spacial score (nSPS) is 19.5. The maximum atomic E-state index is 12.0. The molecule has 19 heavy (non-hydrogen) atoms. The van der Waals surface area contributed by atoms with E-state index in [-0.39, 0.29) is 24.4 Å². The highest BCUT2D eigenvalue weighted by Crippen LogP contribution is 2.17. The molecule has 1 aromatic rings. The van der Waals surface area contributed by atoms with E-state index < -0.39 is 0 Å². The Labute approximate surface area is 120 Å². The highest BCUT2D eigenvalue weighted by molar-refractivity contribution is 5.85. The van der Waals surface area contributed by atoms with Crippen LogP contribution in [0.25, 0.3) is 0 Å². The van der Waals surface area contributed by atoms with E-state index in [1.807, 2.05) is 35.2 Å². The Hall–Kier alpha value is -1.10. The van der Waals surface area contributed by atoms with Crippen molar-refractivity contribution < 1.29 is 9.53 Å². The van der Waals surface area contributed by atoms with Gasteiger partial charge in [-0.05, 0) is 18.4 Å². The minimum Gasteiger partial charge on any atom is -0.460 e. The Morgan fingerprint density at radius 2 is 2.05 bits per heavy atom. The van der Waals surface area contributed by atoms with Crippen LogP contribution in [0.1, 0.15) is 24.8 Å². The number of piperidine rings is 1. The van der Waals surface area contributed by atoms with E-state index in [1.54, 1.807) is 0 Å². The number of halogens is 1. The third-order valence-electron chi connectivity index (χ3n) is 3.34. The van der Waals surface area contributed by atoms with Crippen LogP contribution in [0.2, 0.25) is 0 Å². The SMILES string of the molecule is Cl.NCN1CCCC[C@@H]1C(=O)OCc1ccccc1. The second-order valence-corrected chi connectivity index (χ2v) is 4.60. The molecule has 1 atom stereocenters. The van der Waals surface area contributed by atoms with Crippen molar-refractivity contribution in [3.05, 3.63) is 35.9 Å². The Bertz CT molecular complexity index is 386. The van der Waals surface area contributed by atoms with Gasteiger partial charge in [-0.15, -0.1) is 12.4 Å². The Morgan fingerprint density at radius 3 is 2.74 bits per heavy atom. The predicted molar refractivity (Wildman–Crippen MR) is 76.9 cm³/mol. The van der Waals surface area contributed by atoms with Gasteiger partial charge in [0.1, 0.15) is 12.6 Å². The van der Waals surface area contributed by atoms with E-state index >= 15 is 0 Å². The molecule has 0 radical (unpaired) electrons. The van der Waals surface area contributed by atoms with Crippen molar-refractivity contribution in [1.29, 1.82) is 0 Å². The van der Waals surface area contributed by atoms with E-state index in [1.165, 1.54) is 0 Å². The summed E-state index contributed by atoms with van der Waals surface area (Å²) in [7, 11) is 0. The maximum absolute atomic E-state index is 12.0. The number of nitrogens with zero attached hydrogens (tertiary/aromatic N) is 1. The van der Waals surface area contributed by atoms with Crippen LogP contribution >= 0.6 is 12.4 Å². The first kappa shape index (κ1) is 16.0. The molecule has 1 fully saturated rings. The summed E-state index contributed by atoms with van der Waals surface area (Å²) in [5.74, 6) is -0.149. The molecule has 1 saturated heterocycles. The van der Waals surface area contributed by atoms with Crippen LogP contribution in [0.5, 0.6) is 0 Å². The van der Waals surface area contributed by atoms with Crippen molar-refractivity contribution in [1.82, 2.24) is 4.90 Å². The summed E-state index contributed by atoms with van der Waals surface area (Å²) in [6.45, 7) is 1.65. The second kappa shape index (κ2) is 8.15. The number of carbonyl (C=O) groups is 1. The first-order chi connectivity index (χ1) is 8.81. The number of carbonyl (C=O) groups excluding carboxylic acids is 1. The van der Waals surface area contributed by atoms with Crippen molar-refractivity contribution in [3.63, 3.8) is 0 Å². The number of likely N-dealkylation sites (tertiary alicyclic amines) is 1. The lowest BCUT2D eigenvalue weighted by atomic mass is 10.0. The molecule has 4 nitrogen and oxygen atoms in total. The van der Waals surface area contributed by atoms with Gasteiger partial charge >= 0.3 is 5.97 Å². The summed E-state index contributed by atoms with van der Waals surface area (Å²) in [4.78, 5) is 14.0. The number of hydrogen-bond acceptors (Lipinski definition) is 4. The average molecular weight is 285 g/mol. The molecule has 106 valence electrons. The molecule has 0 amide bonds. The summed E-state index contributed by atoms with van der Waals surface area (Å²) < 4.78 is 5.36. The molecular weight excluding hydrogens is 264 g/mol. The lowest BCUT2D eigenvalue weighted by molar-refractivity contribution is -0.152. The molecule has 2 N–H and O–H groups in total. The average Bonchev–Trinajstić information content (AvgIpc) is 2.45. The molecule has 0 spiro atoms. The zero-order valence-corrected chi connectivity index (χ0v) is 11.8. The fourth-order valence-electron chi connectivity index (χ4n) is 2.30. The number of benzene rings is 1. The fraction of sp³-hybridized carbons (Fsp3) is 0.500. The van der Waals surface area contributed by atoms with Gasteiger partial charge in [-0.2, -0.15) is 0 Å². The van der Waals surface area contributed by atoms with Crippen LogP contribution in [-0.2, 0) is 16.1 Å². The minimum atomic E-state index is -0.160. The van der Waals surface area contributed by atoms with E-state index in [9.17, 15) is 4.79 Å². The third-order valence-corrected chi connectivity index (χ3v) is 3.34. The third kappa shape index (κ3) is 4.49. The van der Waals surface area contributed by atoms with Crippen LogP contribution < -0.4 is 5.73 Å². The molecule has 0 aromatic heterocycles. The van der Waals surface area contributed by atoms with Gasteiger partial charge in [-0.1, -0.05) is 36.8 Å². The smallest absolute Gasteiger partial charge is 0.323 e. The van der Waals surface area contributed by atoms with Gasteiger partial charge in [-0.25, -0.2) is 0 Å². The first-order valence-electron chi connectivity index (χ1n) is 6.46. The van der Waals surface area contributed by atoms with Gasteiger partial charge in [-0.3, -0.25) is 9.69 Å². The molecule has 2 rings (SSSR count). The predicted octanol–water partition coefficient (Wildman–Crippen LogP) is 1.92. The van der Waals surface area contributed by atoms with Crippen molar-refractivity contribution >= 4 is 18.4 Å². The molecule has 1 aromatic carbocycles. The highest BCUT2D eigenvalue weighted by atomic mass is 35.5. The van der Waals surface area contributed by atoms with Crippen LogP contribution in [0, 0.1) is 0 Å². The summed E-state index contributed by atoms with van der Waals surface area (Å²) in [6, 6.07) is 9.57. The topological polar surface area (TPSA) is 55.6 Å². The summed E-state index contributed by atoms with van der Waals surface area (Å²) in [5, 5.41) is 0.